The highest BCUT2D eigenvalue weighted by Gasteiger charge is 2.08. The number of amides is 2. The lowest BCUT2D eigenvalue weighted by Crippen LogP contribution is -2.36. The molecule has 2 amide bonds. The van der Waals surface area contributed by atoms with E-state index in [0.29, 0.717) is 11.3 Å². The third-order valence-corrected chi connectivity index (χ3v) is 2.51. The third kappa shape index (κ3) is 6.79. The standard InChI is InChI=1S/C14H18BN3O4/c15-5-2-6-18-13(19)9-22-12(16)8-21-11-4-1-3-10(7-11)14(17)20/h1,3-4,7,12H,6,8-9,15-16H2,(H2,17,20)(H,18,19). The van der Waals surface area contributed by atoms with Crippen LogP contribution in [0.25, 0.3) is 0 Å². The van der Waals surface area contributed by atoms with E-state index in [0.717, 1.165) is 0 Å². The van der Waals surface area contributed by atoms with Gasteiger partial charge in [-0.1, -0.05) is 12.0 Å². The second kappa shape index (κ2) is 9.44. The first-order valence-electron chi connectivity index (χ1n) is 6.59. The van der Waals surface area contributed by atoms with E-state index >= 15 is 0 Å². The van der Waals surface area contributed by atoms with Crippen molar-refractivity contribution in [2.45, 2.75) is 6.23 Å². The van der Waals surface area contributed by atoms with Crippen molar-refractivity contribution < 1.29 is 19.1 Å². The number of primary amides is 1. The molecule has 0 heterocycles. The lowest BCUT2D eigenvalue weighted by molar-refractivity contribution is -0.127. The smallest absolute Gasteiger partial charge is 0.248 e. The molecule has 0 saturated heterocycles. The van der Waals surface area contributed by atoms with E-state index in [1.54, 1.807) is 26.0 Å². The number of benzene rings is 1. The van der Waals surface area contributed by atoms with E-state index in [1.165, 1.54) is 6.07 Å². The van der Waals surface area contributed by atoms with Crippen LogP contribution in [0.15, 0.2) is 24.3 Å². The fourth-order valence-corrected chi connectivity index (χ4v) is 1.43. The molecule has 0 aliphatic carbocycles. The van der Waals surface area contributed by atoms with E-state index in [2.05, 4.69) is 17.1 Å². The summed E-state index contributed by atoms with van der Waals surface area (Å²) in [7, 11) is 1.68. The van der Waals surface area contributed by atoms with E-state index in [-0.39, 0.29) is 25.7 Å². The van der Waals surface area contributed by atoms with Crippen molar-refractivity contribution in [2.24, 2.45) is 11.5 Å². The summed E-state index contributed by atoms with van der Waals surface area (Å²) in [5, 5.41) is 2.55. The Morgan fingerprint density at radius 3 is 2.86 bits per heavy atom. The summed E-state index contributed by atoms with van der Waals surface area (Å²) in [6.45, 7) is 0.117. The Morgan fingerprint density at radius 2 is 2.18 bits per heavy atom. The summed E-state index contributed by atoms with van der Waals surface area (Å²) in [6.07, 6.45) is -0.778. The lowest BCUT2D eigenvalue weighted by Gasteiger charge is -2.14. The highest BCUT2D eigenvalue weighted by molar-refractivity contribution is 6.22. The molecule has 0 saturated carbocycles. The Labute approximate surface area is 129 Å². The SMILES string of the molecule is BC#CCNC(=O)COC(N)COc1cccc(C(N)=O)c1. The maximum absolute atomic E-state index is 11.4. The number of ether oxygens (including phenoxy) is 2. The van der Waals surface area contributed by atoms with E-state index in [4.69, 9.17) is 20.9 Å². The molecular formula is C14H18BN3O4. The minimum Gasteiger partial charge on any atom is -0.489 e. The monoisotopic (exact) mass is 303 g/mol. The molecule has 1 aromatic carbocycles. The predicted molar refractivity (Wildman–Crippen MR) is 83.7 cm³/mol. The number of rotatable bonds is 8. The zero-order valence-electron chi connectivity index (χ0n) is 12.3. The van der Waals surface area contributed by atoms with Crippen molar-refractivity contribution in [3.63, 3.8) is 0 Å². The van der Waals surface area contributed by atoms with Crippen LogP contribution in [-0.4, -0.2) is 45.6 Å². The van der Waals surface area contributed by atoms with Crippen molar-refractivity contribution in [2.75, 3.05) is 19.8 Å². The van der Waals surface area contributed by atoms with Crippen LogP contribution in [0.1, 0.15) is 10.4 Å². The highest BCUT2D eigenvalue weighted by Crippen LogP contribution is 2.13. The fourth-order valence-electron chi connectivity index (χ4n) is 1.43. The molecule has 0 spiro atoms. The van der Waals surface area contributed by atoms with Crippen LogP contribution in [0.4, 0.5) is 0 Å². The van der Waals surface area contributed by atoms with Gasteiger partial charge in [0.2, 0.25) is 11.8 Å². The minimum absolute atomic E-state index is 0.0320. The van der Waals surface area contributed by atoms with Crippen molar-refractivity contribution in [3.8, 4) is 17.5 Å². The number of hydrogen-bond donors (Lipinski definition) is 3. The summed E-state index contributed by atoms with van der Waals surface area (Å²) >= 11 is 0. The third-order valence-electron chi connectivity index (χ3n) is 2.51. The number of nitrogens with one attached hydrogen (secondary N) is 1. The first-order chi connectivity index (χ1) is 10.5. The quantitative estimate of drug-likeness (QED) is 0.297. The second-order valence-corrected chi connectivity index (χ2v) is 4.26. The maximum atomic E-state index is 11.4. The van der Waals surface area contributed by atoms with Crippen LogP contribution in [0.5, 0.6) is 5.75 Å². The molecule has 8 heteroatoms. The van der Waals surface area contributed by atoms with Gasteiger partial charge in [0.1, 0.15) is 25.2 Å². The summed E-state index contributed by atoms with van der Waals surface area (Å²) < 4.78 is 10.5. The van der Waals surface area contributed by atoms with Crippen molar-refractivity contribution in [1.82, 2.24) is 5.32 Å². The number of carbonyl (C=O) groups excluding carboxylic acids is 2. The summed E-state index contributed by atoms with van der Waals surface area (Å²) in [4.78, 5) is 22.4. The topological polar surface area (TPSA) is 117 Å². The van der Waals surface area contributed by atoms with Crippen LogP contribution in [0.3, 0.4) is 0 Å². The number of hydrogen-bond acceptors (Lipinski definition) is 5. The Hall–Kier alpha value is -2.50. The van der Waals surface area contributed by atoms with Crippen LogP contribution in [0.2, 0.25) is 0 Å². The van der Waals surface area contributed by atoms with Gasteiger partial charge >= 0.3 is 0 Å². The number of carbonyl (C=O) groups is 2. The van der Waals surface area contributed by atoms with Crippen molar-refractivity contribution in [3.05, 3.63) is 29.8 Å². The van der Waals surface area contributed by atoms with Gasteiger partial charge in [0.15, 0.2) is 7.85 Å². The zero-order chi connectivity index (χ0) is 16.4. The average Bonchev–Trinajstić information content (AvgIpc) is 2.51. The normalized spacial score (nSPS) is 11.0. The molecule has 1 aromatic rings. The van der Waals surface area contributed by atoms with Gasteiger partial charge in [-0.3, -0.25) is 9.59 Å². The van der Waals surface area contributed by atoms with E-state index in [1.807, 2.05) is 0 Å². The minimum atomic E-state index is -0.778. The van der Waals surface area contributed by atoms with Gasteiger partial charge in [-0.05, 0) is 18.2 Å². The summed E-state index contributed by atoms with van der Waals surface area (Å²) in [5.74, 6) is 4.94. The first kappa shape index (κ1) is 17.6. The lowest BCUT2D eigenvalue weighted by atomic mass is 10.2. The average molecular weight is 303 g/mol. The van der Waals surface area contributed by atoms with Gasteiger partial charge in [0.25, 0.3) is 0 Å². The largest absolute Gasteiger partial charge is 0.489 e. The van der Waals surface area contributed by atoms with E-state index in [9.17, 15) is 9.59 Å². The van der Waals surface area contributed by atoms with Gasteiger partial charge in [0.05, 0.1) is 6.54 Å². The van der Waals surface area contributed by atoms with Gasteiger partial charge in [-0.15, -0.1) is 0 Å². The zero-order valence-corrected chi connectivity index (χ0v) is 12.3. The molecule has 116 valence electrons. The molecular weight excluding hydrogens is 285 g/mol. The molecule has 1 unspecified atom stereocenters. The molecule has 0 aliphatic heterocycles. The second-order valence-electron chi connectivity index (χ2n) is 4.26. The van der Waals surface area contributed by atoms with Crippen LogP contribution < -0.4 is 21.5 Å². The van der Waals surface area contributed by atoms with Crippen LogP contribution in [-0.2, 0) is 9.53 Å². The predicted octanol–water partition coefficient (Wildman–Crippen LogP) is -1.82. The summed E-state index contributed by atoms with van der Waals surface area (Å²) in [5.41, 5.74) is 11.2. The van der Waals surface area contributed by atoms with Crippen molar-refractivity contribution in [1.29, 1.82) is 0 Å². The Kier molecular flexibility index (Phi) is 7.54. The highest BCUT2D eigenvalue weighted by atomic mass is 16.5. The molecule has 7 nitrogen and oxygen atoms in total. The molecule has 0 radical (unpaired) electrons. The molecule has 0 aromatic heterocycles. The van der Waals surface area contributed by atoms with Crippen molar-refractivity contribution >= 4 is 19.7 Å². The van der Waals surface area contributed by atoms with Crippen LogP contribution >= 0.6 is 0 Å². The molecule has 1 atom stereocenters. The van der Waals surface area contributed by atoms with Gasteiger partial charge < -0.3 is 26.3 Å². The Balaban J connectivity index is 2.32. The molecule has 0 fully saturated rings. The molecule has 1 rings (SSSR count). The Bertz CT molecular complexity index is 583. The van der Waals surface area contributed by atoms with E-state index < -0.39 is 12.1 Å². The molecule has 0 bridgehead atoms. The maximum Gasteiger partial charge on any atom is 0.248 e. The van der Waals surface area contributed by atoms with Gasteiger partial charge in [-0.2, -0.15) is 5.82 Å². The number of nitrogens with two attached hydrogens (primary N) is 2. The van der Waals surface area contributed by atoms with Gasteiger partial charge in [-0.25, -0.2) is 0 Å². The molecule has 5 N–H and O–H groups in total. The summed E-state index contributed by atoms with van der Waals surface area (Å²) in [6, 6.07) is 6.39. The first-order valence-corrected chi connectivity index (χ1v) is 6.59. The fraction of sp³-hybridized carbons (Fsp3) is 0.286. The van der Waals surface area contributed by atoms with Gasteiger partial charge in [0, 0.05) is 5.56 Å². The molecule has 0 aliphatic rings. The molecule has 22 heavy (non-hydrogen) atoms. The Morgan fingerprint density at radius 1 is 1.41 bits per heavy atom. The van der Waals surface area contributed by atoms with Crippen LogP contribution in [0, 0.1) is 11.7 Å².